The van der Waals surface area contributed by atoms with E-state index in [4.69, 9.17) is 30.1 Å². The Morgan fingerprint density at radius 1 is 1.20 bits per heavy atom. The first-order valence-electron chi connectivity index (χ1n) is 7.01. The largest absolute Gasteiger partial charge is 0.451 e. The van der Waals surface area contributed by atoms with Crippen molar-refractivity contribution >= 4 is 13.3 Å². The molecule has 1 rings (SSSR count). The molecule has 1 atom stereocenters. The number of rotatable bonds is 8. The molecule has 7 nitrogen and oxygen atoms in total. The standard InChI is InChI=1S/C11H25BN2O3.CO2/c13-11(3-1-2-5-12(15)16)4-6-14-7-9-17-10-8-14;2-1-3/h11,15-16H,1-10,13H2;. The van der Waals surface area contributed by atoms with Crippen molar-refractivity contribution in [3.63, 3.8) is 0 Å². The van der Waals surface area contributed by atoms with Gasteiger partial charge in [0.25, 0.3) is 0 Å². The van der Waals surface area contributed by atoms with Gasteiger partial charge in [-0.25, -0.2) is 0 Å². The minimum atomic E-state index is -1.17. The number of ether oxygens (including phenoxy) is 1. The first-order chi connectivity index (χ1) is 9.60. The second kappa shape index (κ2) is 13.2. The molecule has 0 spiro atoms. The summed E-state index contributed by atoms with van der Waals surface area (Å²) in [7, 11) is -1.17. The van der Waals surface area contributed by atoms with E-state index >= 15 is 0 Å². The van der Waals surface area contributed by atoms with Gasteiger partial charge in [-0.15, -0.1) is 0 Å². The Morgan fingerprint density at radius 3 is 2.35 bits per heavy atom. The Hall–Kier alpha value is -0.755. The van der Waals surface area contributed by atoms with Crippen molar-refractivity contribution in [1.29, 1.82) is 0 Å². The Balaban J connectivity index is 0.00000110. The van der Waals surface area contributed by atoms with Crippen LogP contribution in [0.1, 0.15) is 25.7 Å². The van der Waals surface area contributed by atoms with Crippen molar-refractivity contribution in [3.05, 3.63) is 0 Å². The third-order valence-electron chi connectivity index (χ3n) is 3.21. The van der Waals surface area contributed by atoms with E-state index in [1.54, 1.807) is 0 Å². The Labute approximate surface area is 120 Å². The number of carbonyl (C=O) groups excluding carboxylic acids is 2. The predicted octanol–water partition coefficient (Wildman–Crippen LogP) is -0.904. The fourth-order valence-electron chi connectivity index (χ4n) is 2.05. The van der Waals surface area contributed by atoms with Crippen LogP contribution in [0.5, 0.6) is 0 Å². The van der Waals surface area contributed by atoms with Crippen LogP contribution < -0.4 is 5.73 Å². The highest BCUT2D eigenvalue weighted by atomic mass is 16.5. The zero-order valence-corrected chi connectivity index (χ0v) is 11.9. The number of nitrogens with zero attached hydrogens (tertiary/aromatic N) is 1. The van der Waals surface area contributed by atoms with E-state index in [1.807, 2.05) is 0 Å². The SMILES string of the molecule is NC(CCCCB(O)O)CCN1CCOCC1.O=C=O. The minimum Gasteiger partial charge on any atom is -0.427 e. The van der Waals surface area contributed by atoms with Crippen LogP contribution in [-0.4, -0.2) is 67.1 Å². The summed E-state index contributed by atoms with van der Waals surface area (Å²) in [5.74, 6) is 0. The highest BCUT2D eigenvalue weighted by Gasteiger charge is 2.12. The molecule has 0 bridgehead atoms. The van der Waals surface area contributed by atoms with Crippen LogP contribution in [0.25, 0.3) is 0 Å². The maximum absolute atomic E-state index is 8.70. The van der Waals surface area contributed by atoms with E-state index in [1.165, 1.54) is 0 Å². The van der Waals surface area contributed by atoms with Crippen LogP contribution in [0.15, 0.2) is 0 Å². The highest BCUT2D eigenvalue weighted by molar-refractivity contribution is 6.40. The number of hydrogen-bond acceptors (Lipinski definition) is 7. The summed E-state index contributed by atoms with van der Waals surface area (Å²) >= 11 is 0. The first kappa shape index (κ1) is 19.2. The monoisotopic (exact) mass is 288 g/mol. The molecule has 116 valence electrons. The molecular formula is C12H25BN2O5. The molecule has 1 saturated heterocycles. The lowest BCUT2D eigenvalue weighted by molar-refractivity contribution is -0.191. The third kappa shape index (κ3) is 12.3. The van der Waals surface area contributed by atoms with Gasteiger partial charge in [-0.3, -0.25) is 4.90 Å². The van der Waals surface area contributed by atoms with E-state index < -0.39 is 7.12 Å². The number of unbranched alkanes of at least 4 members (excludes halogenated alkanes) is 1. The summed E-state index contributed by atoms with van der Waals surface area (Å²) in [6, 6.07) is 0.230. The average molecular weight is 288 g/mol. The molecule has 0 aromatic rings. The summed E-state index contributed by atoms with van der Waals surface area (Å²) < 4.78 is 5.29. The van der Waals surface area contributed by atoms with Gasteiger partial charge in [-0.05, 0) is 25.7 Å². The van der Waals surface area contributed by atoms with Crippen LogP contribution >= 0.6 is 0 Å². The topological polar surface area (TPSA) is 113 Å². The van der Waals surface area contributed by atoms with Crippen LogP contribution in [-0.2, 0) is 14.3 Å². The lowest BCUT2D eigenvalue weighted by Crippen LogP contribution is -2.38. The lowest BCUT2D eigenvalue weighted by atomic mass is 9.83. The molecule has 0 aromatic carbocycles. The third-order valence-corrected chi connectivity index (χ3v) is 3.21. The fourth-order valence-corrected chi connectivity index (χ4v) is 2.05. The molecule has 4 N–H and O–H groups in total. The van der Waals surface area contributed by atoms with Gasteiger partial charge >= 0.3 is 13.3 Å². The lowest BCUT2D eigenvalue weighted by Gasteiger charge is -2.27. The van der Waals surface area contributed by atoms with E-state index in [2.05, 4.69) is 4.90 Å². The minimum absolute atomic E-state index is 0.230. The summed E-state index contributed by atoms with van der Waals surface area (Å²) in [6.07, 6.45) is 4.50. The Kier molecular flexibility index (Phi) is 12.7. The van der Waals surface area contributed by atoms with E-state index in [0.29, 0.717) is 6.32 Å². The second-order valence-electron chi connectivity index (χ2n) is 4.85. The molecule has 1 fully saturated rings. The van der Waals surface area contributed by atoms with Gasteiger partial charge in [0.15, 0.2) is 0 Å². The smallest absolute Gasteiger partial charge is 0.427 e. The summed E-state index contributed by atoms with van der Waals surface area (Å²) in [6.45, 7) is 4.76. The molecule has 1 aliphatic heterocycles. The van der Waals surface area contributed by atoms with E-state index in [9.17, 15) is 0 Å². The van der Waals surface area contributed by atoms with Crippen molar-refractivity contribution in [3.8, 4) is 0 Å². The number of hydrogen-bond donors (Lipinski definition) is 3. The van der Waals surface area contributed by atoms with Crippen molar-refractivity contribution < 1.29 is 24.4 Å². The predicted molar refractivity (Wildman–Crippen MR) is 73.7 cm³/mol. The molecule has 1 unspecified atom stereocenters. The zero-order valence-electron chi connectivity index (χ0n) is 11.9. The van der Waals surface area contributed by atoms with Gasteiger partial charge in [0.05, 0.1) is 13.2 Å². The fraction of sp³-hybridized carbons (Fsp3) is 0.917. The second-order valence-corrected chi connectivity index (χ2v) is 4.85. The number of morpholine rings is 1. The molecule has 0 saturated carbocycles. The summed E-state index contributed by atoms with van der Waals surface area (Å²) in [5.41, 5.74) is 6.02. The van der Waals surface area contributed by atoms with Gasteiger partial charge in [-0.1, -0.05) is 12.8 Å². The van der Waals surface area contributed by atoms with E-state index in [-0.39, 0.29) is 12.2 Å². The quantitative estimate of drug-likeness (QED) is 0.391. The molecular weight excluding hydrogens is 263 g/mol. The van der Waals surface area contributed by atoms with Gasteiger partial charge in [-0.2, -0.15) is 9.59 Å². The van der Waals surface area contributed by atoms with Crippen LogP contribution in [0, 0.1) is 0 Å². The molecule has 1 aliphatic rings. The van der Waals surface area contributed by atoms with Crippen molar-refractivity contribution in [2.45, 2.75) is 38.0 Å². The average Bonchev–Trinajstić information content (AvgIpc) is 2.43. The van der Waals surface area contributed by atoms with Crippen molar-refractivity contribution in [2.75, 3.05) is 32.8 Å². The van der Waals surface area contributed by atoms with Crippen molar-refractivity contribution in [2.24, 2.45) is 5.73 Å². The number of nitrogens with two attached hydrogens (primary N) is 1. The van der Waals surface area contributed by atoms with Crippen molar-refractivity contribution in [1.82, 2.24) is 4.90 Å². The molecule has 20 heavy (non-hydrogen) atoms. The first-order valence-corrected chi connectivity index (χ1v) is 7.01. The van der Waals surface area contributed by atoms with Crippen LogP contribution in [0.3, 0.4) is 0 Å². The van der Waals surface area contributed by atoms with Gasteiger partial charge in [0.1, 0.15) is 0 Å². The molecule has 0 aromatic heterocycles. The normalized spacial score (nSPS) is 16.8. The molecule has 0 aliphatic carbocycles. The van der Waals surface area contributed by atoms with Gasteiger partial charge in [0.2, 0.25) is 0 Å². The van der Waals surface area contributed by atoms with Gasteiger partial charge in [0, 0.05) is 19.1 Å². The van der Waals surface area contributed by atoms with E-state index in [0.717, 1.165) is 58.5 Å². The Bertz CT molecular complexity index is 256. The Morgan fingerprint density at radius 2 is 1.80 bits per heavy atom. The zero-order chi connectivity index (χ0) is 15.2. The van der Waals surface area contributed by atoms with Crippen LogP contribution in [0.4, 0.5) is 0 Å². The maximum atomic E-state index is 8.70. The molecule has 0 amide bonds. The maximum Gasteiger partial charge on any atom is 0.451 e. The van der Waals surface area contributed by atoms with Crippen LogP contribution in [0.2, 0.25) is 6.32 Å². The molecule has 0 radical (unpaired) electrons. The molecule has 8 heteroatoms. The highest BCUT2D eigenvalue weighted by Crippen LogP contribution is 2.07. The molecule has 1 heterocycles. The summed E-state index contributed by atoms with van der Waals surface area (Å²) in [5, 5.41) is 17.4. The van der Waals surface area contributed by atoms with Gasteiger partial charge < -0.3 is 20.5 Å². The summed E-state index contributed by atoms with van der Waals surface area (Å²) in [4.78, 5) is 18.6.